The molecule has 0 saturated heterocycles. The van der Waals surface area contributed by atoms with Crippen molar-refractivity contribution in [1.29, 1.82) is 0 Å². The van der Waals surface area contributed by atoms with Gasteiger partial charge in [0.2, 0.25) is 0 Å². The van der Waals surface area contributed by atoms with Gasteiger partial charge >= 0.3 is 0 Å². The average molecular weight is 484 g/mol. The highest BCUT2D eigenvalue weighted by Gasteiger charge is 2.28. The van der Waals surface area contributed by atoms with Crippen LogP contribution in [0.3, 0.4) is 0 Å². The van der Waals surface area contributed by atoms with Gasteiger partial charge in [-0.3, -0.25) is 9.78 Å². The summed E-state index contributed by atoms with van der Waals surface area (Å²) in [6.07, 6.45) is 3.57. The summed E-state index contributed by atoms with van der Waals surface area (Å²) in [5.41, 5.74) is 3.99. The van der Waals surface area contributed by atoms with E-state index in [0.29, 0.717) is 23.2 Å². The predicted molar refractivity (Wildman–Crippen MR) is 112 cm³/mol. The first-order chi connectivity index (χ1) is 13.6. The quantitative estimate of drug-likeness (QED) is 0.400. The van der Waals surface area contributed by atoms with Crippen molar-refractivity contribution in [3.8, 4) is 11.1 Å². The highest BCUT2D eigenvalue weighted by molar-refractivity contribution is 14.1. The molecule has 0 saturated carbocycles. The van der Waals surface area contributed by atoms with Crippen LogP contribution in [0.2, 0.25) is 0 Å². The van der Waals surface area contributed by atoms with Gasteiger partial charge in [0.25, 0.3) is 5.91 Å². The Hall–Kier alpha value is -2.81. The standard InChI is InChI=1S/C21H14FIN4O/c22-20-14(10-26-12-19-17(21(26)28)5-2-8-24-19)3-1-4-16(20)13-6-7-18-15(9-13)11-27(23)25-18/h1-9,11H,10,12H2. The fraction of sp³-hybridized carbons (Fsp3) is 0.0952. The topological polar surface area (TPSA) is 51.0 Å². The Morgan fingerprint density at radius 3 is 2.82 bits per heavy atom. The number of rotatable bonds is 3. The highest BCUT2D eigenvalue weighted by Crippen LogP contribution is 2.30. The number of pyridine rings is 1. The number of halogens is 2. The van der Waals surface area contributed by atoms with Gasteiger partial charge in [-0.15, -0.1) is 0 Å². The molecule has 5 nitrogen and oxygen atoms in total. The monoisotopic (exact) mass is 484 g/mol. The zero-order valence-electron chi connectivity index (χ0n) is 14.6. The lowest BCUT2D eigenvalue weighted by Gasteiger charge is -2.17. The second-order valence-electron chi connectivity index (χ2n) is 6.73. The Balaban J connectivity index is 1.48. The second kappa shape index (κ2) is 6.66. The van der Waals surface area contributed by atoms with Gasteiger partial charge in [-0.05, 0) is 29.8 Å². The Morgan fingerprint density at radius 2 is 1.96 bits per heavy atom. The summed E-state index contributed by atoms with van der Waals surface area (Å²) in [4.78, 5) is 18.5. The van der Waals surface area contributed by atoms with Crippen molar-refractivity contribution in [1.82, 2.24) is 17.9 Å². The van der Waals surface area contributed by atoms with E-state index < -0.39 is 0 Å². The molecule has 1 amide bonds. The van der Waals surface area contributed by atoms with Crippen molar-refractivity contribution in [2.75, 3.05) is 0 Å². The van der Waals surface area contributed by atoms with E-state index in [4.69, 9.17) is 0 Å². The first-order valence-corrected chi connectivity index (χ1v) is 9.73. The van der Waals surface area contributed by atoms with Gasteiger partial charge in [-0.25, -0.2) is 7.29 Å². The van der Waals surface area contributed by atoms with Crippen molar-refractivity contribution in [2.45, 2.75) is 13.1 Å². The van der Waals surface area contributed by atoms with Crippen LogP contribution in [0.25, 0.3) is 22.0 Å². The summed E-state index contributed by atoms with van der Waals surface area (Å²) in [6, 6.07) is 14.5. The van der Waals surface area contributed by atoms with E-state index in [1.807, 2.05) is 30.5 Å². The van der Waals surface area contributed by atoms with Crippen LogP contribution in [0.15, 0.2) is 60.9 Å². The largest absolute Gasteiger partial charge is 0.328 e. The molecule has 0 spiro atoms. The van der Waals surface area contributed by atoms with Crippen LogP contribution >= 0.6 is 22.9 Å². The van der Waals surface area contributed by atoms with Crippen LogP contribution in [0.4, 0.5) is 4.39 Å². The van der Waals surface area contributed by atoms with Crippen molar-refractivity contribution in [2.24, 2.45) is 0 Å². The van der Waals surface area contributed by atoms with Crippen LogP contribution in [-0.4, -0.2) is 23.8 Å². The van der Waals surface area contributed by atoms with Gasteiger partial charge in [-0.1, -0.05) is 24.3 Å². The molecule has 7 heteroatoms. The minimum Gasteiger partial charge on any atom is -0.328 e. The van der Waals surface area contributed by atoms with E-state index in [2.05, 4.69) is 32.9 Å². The molecule has 2 aromatic heterocycles. The zero-order chi connectivity index (χ0) is 19.3. The molecule has 138 valence electrons. The number of benzene rings is 2. The molecule has 3 heterocycles. The molecular formula is C21H14FIN4O. The number of carbonyl (C=O) groups excluding carboxylic acids is 1. The number of nitrogens with zero attached hydrogens (tertiary/aromatic N) is 4. The normalized spacial score (nSPS) is 13.4. The van der Waals surface area contributed by atoms with Gasteiger partial charge in [0, 0.05) is 35.5 Å². The third-order valence-corrected chi connectivity index (χ3v) is 5.47. The summed E-state index contributed by atoms with van der Waals surface area (Å²) in [5.74, 6) is -0.413. The number of aromatic nitrogens is 3. The fourth-order valence-electron chi connectivity index (χ4n) is 3.60. The van der Waals surface area contributed by atoms with E-state index in [0.717, 1.165) is 22.2 Å². The van der Waals surface area contributed by atoms with Crippen LogP contribution in [0.5, 0.6) is 0 Å². The van der Waals surface area contributed by atoms with E-state index in [1.54, 1.807) is 38.3 Å². The number of carbonyl (C=O) groups is 1. The molecule has 0 N–H and O–H groups in total. The van der Waals surface area contributed by atoms with Crippen LogP contribution in [0.1, 0.15) is 21.6 Å². The van der Waals surface area contributed by atoms with Gasteiger partial charge in [0.15, 0.2) is 0 Å². The Bertz CT molecular complexity index is 1240. The van der Waals surface area contributed by atoms with Crippen molar-refractivity contribution in [3.05, 3.63) is 83.6 Å². The van der Waals surface area contributed by atoms with E-state index in [1.165, 1.54) is 0 Å². The van der Waals surface area contributed by atoms with Gasteiger partial charge < -0.3 is 4.90 Å². The predicted octanol–water partition coefficient (Wildman–Crippen LogP) is 4.59. The molecule has 1 aliphatic rings. The Labute approximate surface area is 174 Å². The summed E-state index contributed by atoms with van der Waals surface area (Å²) >= 11 is 2.09. The highest BCUT2D eigenvalue weighted by atomic mass is 127. The first-order valence-electron chi connectivity index (χ1n) is 8.76. The number of amides is 1. The number of fused-ring (bicyclic) bond motifs is 2. The third-order valence-electron chi connectivity index (χ3n) is 4.98. The molecule has 0 fully saturated rings. The molecule has 4 aromatic rings. The summed E-state index contributed by atoms with van der Waals surface area (Å²) < 4.78 is 17.0. The molecule has 0 atom stereocenters. The van der Waals surface area contributed by atoms with Crippen LogP contribution < -0.4 is 0 Å². The SMILES string of the molecule is O=C1c2cccnc2CN1Cc1cccc(-c2ccc3nn(I)cc3c2)c1F. The van der Waals surface area contributed by atoms with Crippen LogP contribution in [-0.2, 0) is 13.1 Å². The van der Waals surface area contributed by atoms with Crippen molar-refractivity contribution in [3.63, 3.8) is 0 Å². The smallest absolute Gasteiger partial charge is 0.256 e. The molecule has 0 aliphatic carbocycles. The maximum Gasteiger partial charge on any atom is 0.256 e. The molecule has 5 rings (SSSR count). The first kappa shape index (κ1) is 17.3. The molecule has 2 aromatic carbocycles. The van der Waals surface area contributed by atoms with Crippen molar-refractivity contribution >= 4 is 39.7 Å². The molecule has 0 unspecified atom stereocenters. The van der Waals surface area contributed by atoms with Gasteiger partial charge in [0.05, 0.1) is 46.2 Å². The molecule has 0 radical (unpaired) electrons. The summed E-state index contributed by atoms with van der Waals surface area (Å²) in [6.45, 7) is 0.613. The summed E-state index contributed by atoms with van der Waals surface area (Å²) in [7, 11) is 0. The van der Waals surface area contributed by atoms with E-state index >= 15 is 4.39 Å². The fourth-order valence-corrected chi connectivity index (χ4v) is 4.14. The maximum atomic E-state index is 15.3. The molecular weight excluding hydrogens is 470 g/mol. The second-order valence-corrected chi connectivity index (χ2v) is 7.72. The van der Waals surface area contributed by atoms with Crippen LogP contribution in [0, 0.1) is 5.82 Å². The van der Waals surface area contributed by atoms with Gasteiger partial charge in [-0.2, -0.15) is 5.10 Å². The summed E-state index contributed by atoms with van der Waals surface area (Å²) in [5, 5.41) is 5.30. The maximum absolute atomic E-state index is 15.3. The Kier molecular flexibility index (Phi) is 4.12. The van der Waals surface area contributed by atoms with E-state index in [-0.39, 0.29) is 18.3 Å². The molecule has 28 heavy (non-hydrogen) atoms. The lowest BCUT2D eigenvalue weighted by Crippen LogP contribution is -2.23. The molecule has 0 bridgehead atoms. The minimum atomic E-state index is -0.305. The van der Waals surface area contributed by atoms with Gasteiger partial charge in [0.1, 0.15) is 5.82 Å². The third kappa shape index (κ3) is 2.86. The van der Waals surface area contributed by atoms with E-state index in [9.17, 15) is 4.79 Å². The minimum absolute atomic E-state index is 0.108. The zero-order valence-corrected chi connectivity index (χ0v) is 16.8. The Morgan fingerprint density at radius 1 is 1.11 bits per heavy atom. The van der Waals surface area contributed by atoms with Crippen molar-refractivity contribution < 1.29 is 9.18 Å². The number of hydrogen-bond donors (Lipinski definition) is 0. The molecule has 1 aliphatic heterocycles. The lowest BCUT2D eigenvalue weighted by atomic mass is 10.0. The number of hydrogen-bond acceptors (Lipinski definition) is 3. The average Bonchev–Trinajstić information content (AvgIpc) is 3.22. The lowest BCUT2D eigenvalue weighted by molar-refractivity contribution is 0.0765.